The first-order valence-corrected chi connectivity index (χ1v) is 10.3. The molecule has 1 aromatic heterocycles. The van der Waals surface area contributed by atoms with Crippen molar-refractivity contribution >= 4 is 29.4 Å². The number of methoxy groups -OCH3 is 1. The number of alkyl carbamates (subject to hydrolysis) is 1. The van der Waals surface area contributed by atoms with E-state index in [1.807, 2.05) is 19.2 Å². The zero-order valence-electron chi connectivity index (χ0n) is 18.2. The Morgan fingerprint density at radius 1 is 1.31 bits per heavy atom. The summed E-state index contributed by atoms with van der Waals surface area (Å²) in [6.07, 6.45) is 0.216. The molecule has 29 heavy (non-hydrogen) atoms. The number of aromatic nitrogens is 1. The van der Waals surface area contributed by atoms with Crippen LogP contribution in [-0.4, -0.2) is 53.8 Å². The third kappa shape index (κ3) is 8.68. The van der Waals surface area contributed by atoms with Crippen molar-refractivity contribution in [2.24, 2.45) is 5.92 Å². The maximum atomic E-state index is 12.5. The van der Waals surface area contributed by atoms with Gasteiger partial charge < -0.3 is 25.0 Å². The Hall–Kier alpha value is -2.36. The van der Waals surface area contributed by atoms with Crippen LogP contribution >= 0.6 is 11.3 Å². The lowest BCUT2D eigenvalue weighted by Crippen LogP contribution is -2.49. The van der Waals surface area contributed by atoms with Gasteiger partial charge in [-0.1, -0.05) is 20.3 Å². The van der Waals surface area contributed by atoms with Crippen LogP contribution in [-0.2, 0) is 27.4 Å². The van der Waals surface area contributed by atoms with Crippen molar-refractivity contribution < 1.29 is 23.9 Å². The quantitative estimate of drug-likeness (QED) is 0.616. The van der Waals surface area contributed by atoms with Crippen molar-refractivity contribution in [2.45, 2.75) is 65.8 Å². The molecular weight excluding hydrogens is 396 g/mol. The molecule has 2 N–H and O–H groups in total. The van der Waals surface area contributed by atoms with Gasteiger partial charge in [0.05, 0.1) is 25.9 Å². The lowest BCUT2D eigenvalue weighted by Gasteiger charge is -2.25. The minimum absolute atomic E-state index is 0.0513. The summed E-state index contributed by atoms with van der Waals surface area (Å²) in [6, 6.07) is -1.09. The molecule has 9 nitrogen and oxygen atoms in total. The number of hydrogen-bond donors (Lipinski definition) is 2. The van der Waals surface area contributed by atoms with Gasteiger partial charge in [0, 0.05) is 12.4 Å². The minimum Gasteiger partial charge on any atom is -0.467 e. The fourth-order valence-electron chi connectivity index (χ4n) is 2.32. The third-order valence-corrected chi connectivity index (χ3v) is 4.97. The maximum absolute atomic E-state index is 12.5. The zero-order chi connectivity index (χ0) is 22.2. The van der Waals surface area contributed by atoms with E-state index in [-0.39, 0.29) is 25.0 Å². The molecule has 0 aliphatic heterocycles. The summed E-state index contributed by atoms with van der Waals surface area (Å²) < 4.78 is 9.97. The Balaban J connectivity index is 2.59. The van der Waals surface area contributed by atoms with Crippen LogP contribution in [0, 0.1) is 5.92 Å². The van der Waals surface area contributed by atoms with Crippen LogP contribution in [0.5, 0.6) is 0 Å². The van der Waals surface area contributed by atoms with Crippen LogP contribution in [0.3, 0.4) is 0 Å². The molecule has 1 rings (SSSR count). The number of hydrogen-bond acceptors (Lipinski definition) is 7. The van der Waals surface area contributed by atoms with Gasteiger partial charge >= 0.3 is 18.1 Å². The topological polar surface area (TPSA) is 110 Å². The molecule has 0 spiro atoms. The largest absolute Gasteiger partial charge is 0.467 e. The SMILES string of the molecule is CC[C@H](C)[C@H](NC(=O)N(C)Cc1csc(CNC(=O)OC(C)(C)C)n1)C(=O)OC. The summed E-state index contributed by atoms with van der Waals surface area (Å²) in [4.78, 5) is 42.0. The molecule has 1 aromatic rings. The highest BCUT2D eigenvalue weighted by Crippen LogP contribution is 2.13. The molecule has 164 valence electrons. The predicted molar refractivity (Wildman–Crippen MR) is 110 cm³/mol. The first-order valence-electron chi connectivity index (χ1n) is 9.46. The number of nitrogens with zero attached hydrogens (tertiary/aromatic N) is 2. The number of ether oxygens (including phenoxy) is 2. The van der Waals surface area contributed by atoms with E-state index >= 15 is 0 Å². The Morgan fingerprint density at radius 2 is 1.97 bits per heavy atom. The summed E-state index contributed by atoms with van der Waals surface area (Å²) in [5, 5.41) is 7.90. The maximum Gasteiger partial charge on any atom is 0.408 e. The van der Waals surface area contributed by atoms with E-state index in [9.17, 15) is 14.4 Å². The normalized spacial score (nSPS) is 13.2. The highest BCUT2D eigenvalue weighted by atomic mass is 32.1. The Kier molecular flexibility index (Phi) is 9.35. The van der Waals surface area contributed by atoms with Gasteiger partial charge in [-0.25, -0.2) is 19.4 Å². The summed E-state index contributed by atoms with van der Waals surface area (Å²) in [7, 11) is 2.92. The molecular formula is C19H32N4O5S. The van der Waals surface area contributed by atoms with Crippen LogP contribution < -0.4 is 10.6 Å². The number of carbonyl (C=O) groups is 3. The van der Waals surface area contributed by atoms with Crippen LogP contribution in [0.4, 0.5) is 9.59 Å². The summed E-state index contributed by atoms with van der Waals surface area (Å²) in [5.74, 6) is -0.519. The van der Waals surface area contributed by atoms with Crippen LogP contribution in [0.1, 0.15) is 51.7 Å². The first kappa shape index (κ1) is 24.7. The van der Waals surface area contributed by atoms with E-state index in [0.29, 0.717) is 10.7 Å². The number of carbonyl (C=O) groups excluding carboxylic acids is 3. The molecule has 0 aliphatic carbocycles. The number of nitrogens with one attached hydrogen (secondary N) is 2. The van der Waals surface area contributed by atoms with Gasteiger partial charge in [-0.15, -0.1) is 11.3 Å². The molecule has 0 radical (unpaired) electrons. The monoisotopic (exact) mass is 428 g/mol. The fourth-order valence-corrected chi connectivity index (χ4v) is 3.04. The molecule has 1 heterocycles. The van der Waals surface area contributed by atoms with E-state index in [4.69, 9.17) is 9.47 Å². The standard InChI is InChI=1S/C19H32N4O5S/c1-8-12(2)15(16(24)27-7)22-17(25)23(6)10-13-11-29-14(21-13)9-20-18(26)28-19(3,4)5/h11-12,15H,8-10H2,1-7H3,(H,20,26)(H,22,25)/t12-,15-/m0/s1. The van der Waals surface area contributed by atoms with Gasteiger partial charge in [0.15, 0.2) is 0 Å². The zero-order valence-corrected chi connectivity index (χ0v) is 19.0. The molecule has 0 saturated heterocycles. The van der Waals surface area contributed by atoms with Gasteiger partial charge in [-0.05, 0) is 26.7 Å². The second kappa shape index (κ2) is 11.0. The lowest BCUT2D eigenvalue weighted by molar-refractivity contribution is -0.144. The molecule has 0 aliphatic rings. The number of esters is 1. The van der Waals surface area contributed by atoms with E-state index < -0.39 is 23.7 Å². The molecule has 10 heteroatoms. The van der Waals surface area contributed by atoms with E-state index in [1.54, 1.807) is 27.8 Å². The number of urea groups is 1. The highest BCUT2D eigenvalue weighted by Gasteiger charge is 2.28. The van der Waals surface area contributed by atoms with Gasteiger partial charge in [0.2, 0.25) is 0 Å². The number of thiazole rings is 1. The van der Waals surface area contributed by atoms with Gasteiger partial charge in [0.25, 0.3) is 0 Å². The third-order valence-electron chi connectivity index (χ3n) is 4.08. The molecule has 0 aromatic carbocycles. The lowest BCUT2D eigenvalue weighted by atomic mass is 9.99. The van der Waals surface area contributed by atoms with E-state index in [1.165, 1.54) is 23.3 Å². The average molecular weight is 429 g/mol. The number of amides is 3. The molecule has 3 amide bonds. The van der Waals surface area contributed by atoms with E-state index in [2.05, 4.69) is 15.6 Å². The minimum atomic E-state index is -0.705. The van der Waals surface area contributed by atoms with Crippen molar-refractivity contribution in [1.29, 1.82) is 0 Å². The molecule has 2 atom stereocenters. The van der Waals surface area contributed by atoms with Crippen LogP contribution in [0.25, 0.3) is 0 Å². The van der Waals surface area contributed by atoms with Gasteiger partial charge in [-0.2, -0.15) is 0 Å². The summed E-state index contributed by atoms with van der Waals surface area (Å²) >= 11 is 1.38. The van der Waals surface area contributed by atoms with Crippen LogP contribution in [0.15, 0.2) is 5.38 Å². The predicted octanol–water partition coefficient (Wildman–Crippen LogP) is 2.90. The second-order valence-electron chi connectivity index (χ2n) is 7.78. The average Bonchev–Trinajstić information content (AvgIpc) is 3.08. The fraction of sp³-hybridized carbons (Fsp3) is 0.684. The van der Waals surface area contributed by atoms with Crippen molar-refractivity contribution in [1.82, 2.24) is 20.5 Å². The summed E-state index contributed by atoms with van der Waals surface area (Å²) in [6.45, 7) is 9.71. The highest BCUT2D eigenvalue weighted by molar-refractivity contribution is 7.09. The smallest absolute Gasteiger partial charge is 0.408 e. The number of rotatable bonds is 8. The van der Waals surface area contributed by atoms with Crippen molar-refractivity contribution in [2.75, 3.05) is 14.2 Å². The summed E-state index contributed by atoms with van der Waals surface area (Å²) in [5.41, 5.74) is 0.123. The molecule has 0 bridgehead atoms. The van der Waals surface area contributed by atoms with Gasteiger partial charge in [0.1, 0.15) is 16.7 Å². The van der Waals surface area contributed by atoms with Gasteiger partial charge in [-0.3, -0.25) is 0 Å². The molecule has 0 unspecified atom stereocenters. The van der Waals surface area contributed by atoms with Crippen molar-refractivity contribution in [3.8, 4) is 0 Å². The van der Waals surface area contributed by atoms with Crippen molar-refractivity contribution in [3.63, 3.8) is 0 Å². The Bertz CT molecular complexity index is 701. The van der Waals surface area contributed by atoms with Crippen molar-refractivity contribution in [3.05, 3.63) is 16.1 Å². The molecule has 0 fully saturated rings. The Morgan fingerprint density at radius 3 is 2.52 bits per heavy atom. The molecule has 0 saturated carbocycles. The van der Waals surface area contributed by atoms with Crippen LogP contribution in [0.2, 0.25) is 0 Å². The van der Waals surface area contributed by atoms with E-state index in [0.717, 1.165) is 6.42 Å². The Labute approximate surface area is 176 Å². The second-order valence-corrected chi connectivity index (χ2v) is 8.72. The first-order chi connectivity index (χ1) is 13.5.